The molecule has 0 amide bonds. The van der Waals surface area contributed by atoms with Crippen LogP contribution in [0.2, 0.25) is 0 Å². The van der Waals surface area contributed by atoms with Crippen LogP contribution in [0.3, 0.4) is 0 Å². The van der Waals surface area contributed by atoms with E-state index in [4.69, 9.17) is 0 Å². The number of hydrogen-bond donors (Lipinski definition) is 0. The van der Waals surface area contributed by atoms with Crippen LogP contribution in [0, 0.1) is 71.0 Å². The van der Waals surface area contributed by atoms with Crippen LogP contribution in [0.1, 0.15) is 161 Å². The first kappa shape index (κ1) is 27.3. The van der Waals surface area contributed by atoms with Gasteiger partial charge in [0.25, 0.3) is 0 Å². The minimum absolute atomic E-state index is 0.961. The molecule has 0 N–H and O–H groups in total. The maximum atomic E-state index is 3.32. The van der Waals surface area contributed by atoms with Gasteiger partial charge in [-0.25, -0.2) is 0 Å². The van der Waals surface area contributed by atoms with Crippen molar-refractivity contribution in [2.45, 2.75) is 179 Å². The molecule has 1 saturated heterocycles. The van der Waals surface area contributed by atoms with Crippen LogP contribution in [-0.4, -0.2) is 23.0 Å². The number of nitrogens with zero attached hydrogens (tertiary/aromatic N) is 1. The van der Waals surface area contributed by atoms with Gasteiger partial charge in [0, 0.05) is 18.1 Å². The van der Waals surface area contributed by atoms with Crippen molar-refractivity contribution >= 4 is 0 Å². The molecule has 1 heterocycles. The van der Waals surface area contributed by atoms with Crippen LogP contribution in [0.15, 0.2) is 0 Å². The monoisotopic (exact) mass is 560 g/mol. The first-order chi connectivity index (χ1) is 20.3. The van der Waals surface area contributed by atoms with Crippen LogP contribution < -0.4 is 0 Å². The van der Waals surface area contributed by atoms with Crippen LogP contribution in [0.5, 0.6) is 0 Å². The molecule has 41 heavy (non-hydrogen) atoms. The van der Waals surface area contributed by atoms with Crippen LogP contribution in [0.4, 0.5) is 0 Å². The number of hydrogen-bond acceptors (Lipinski definition) is 1. The Kier molecular flexibility index (Phi) is 7.58. The molecule has 0 radical (unpaired) electrons. The third-order valence-electron chi connectivity index (χ3n) is 16.9. The highest BCUT2D eigenvalue weighted by atomic mass is 15.2. The lowest BCUT2D eigenvalue weighted by atomic mass is 9.43. The van der Waals surface area contributed by atoms with E-state index in [9.17, 15) is 0 Å². The fourth-order valence-corrected chi connectivity index (χ4v) is 15.5. The second kappa shape index (κ2) is 11.4. The lowest BCUT2D eigenvalue weighted by Crippen LogP contribution is -2.61. The van der Waals surface area contributed by atoms with E-state index in [0.717, 1.165) is 89.1 Å². The van der Waals surface area contributed by atoms with E-state index in [2.05, 4.69) is 4.90 Å². The summed E-state index contributed by atoms with van der Waals surface area (Å²) < 4.78 is 0. The van der Waals surface area contributed by atoms with Gasteiger partial charge in [0.05, 0.1) is 0 Å². The normalized spacial score (nSPS) is 54.1. The smallest absolute Gasteiger partial charge is 0.0104 e. The van der Waals surface area contributed by atoms with Gasteiger partial charge in [-0.3, -0.25) is 4.90 Å². The molecule has 9 fully saturated rings. The van der Waals surface area contributed by atoms with E-state index in [1.807, 2.05) is 0 Å². The summed E-state index contributed by atoms with van der Waals surface area (Å²) in [5, 5.41) is 0. The summed E-state index contributed by atoms with van der Waals surface area (Å²) in [5.41, 5.74) is 0. The van der Waals surface area contributed by atoms with Gasteiger partial charge in [0.2, 0.25) is 0 Å². The fourth-order valence-electron chi connectivity index (χ4n) is 15.5. The molecule has 9 aliphatic rings. The highest BCUT2D eigenvalue weighted by Crippen LogP contribution is 2.65. The molecule has 1 nitrogen and oxygen atoms in total. The summed E-state index contributed by atoms with van der Waals surface area (Å²) in [5.74, 6) is 13.4. The van der Waals surface area contributed by atoms with E-state index in [0.29, 0.717) is 0 Å². The maximum Gasteiger partial charge on any atom is 0.0104 e. The maximum absolute atomic E-state index is 3.32. The average Bonchev–Trinajstić information content (AvgIpc) is 3.01. The fraction of sp³-hybridized carbons (Fsp3) is 1.00. The molecule has 0 aromatic heterocycles. The summed E-state index contributed by atoms with van der Waals surface area (Å²) in [6.07, 6.45) is 39.9. The third-order valence-corrected chi connectivity index (χ3v) is 16.9. The van der Waals surface area contributed by atoms with Crippen LogP contribution >= 0.6 is 0 Å². The van der Waals surface area contributed by atoms with Crippen molar-refractivity contribution in [2.75, 3.05) is 0 Å². The van der Waals surface area contributed by atoms with Crippen molar-refractivity contribution in [1.29, 1.82) is 0 Å². The zero-order valence-electron chi connectivity index (χ0n) is 26.8. The molecular weight excluding hydrogens is 494 g/mol. The molecular formula is C40H65N. The summed E-state index contributed by atoms with van der Waals surface area (Å²) in [7, 11) is 0. The van der Waals surface area contributed by atoms with Gasteiger partial charge in [-0.05, 0) is 161 Å². The standard InChI is InChI=1S/C40H65N/c1-2-10-27-23-29(20-19-26(27)9-1)39-35-17-5-6-18-36(35)40-34-16-4-3-15-33(34)28-11-7-14-31(24-28)41(30-12-8-13-30)32-21-22-37(39)38(40)25-32/h26-40H,1-25H2. The van der Waals surface area contributed by atoms with E-state index in [-0.39, 0.29) is 0 Å². The van der Waals surface area contributed by atoms with Crippen molar-refractivity contribution in [2.24, 2.45) is 71.0 Å². The molecule has 1 aliphatic heterocycles. The molecule has 0 aromatic rings. The van der Waals surface area contributed by atoms with Crippen molar-refractivity contribution in [1.82, 2.24) is 4.90 Å². The Hall–Kier alpha value is -0.0400. The van der Waals surface area contributed by atoms with Gasteiger partial charge in [0.15, 0.2) is 0 Å². The molecule has 14 unspecified atom stereocenters. The highest BCUT2D eigenvalue weighted by molar-refractivity contribution is 5.09. The van der Waals surface area contributed by atoms with Crippen molar-refractivity contribution in [3.8, 4) is 0 Å². The summed E-state index contributed by atoms with van der Waals surface area (Å²) in [6, 6.07) is 2.90. The Morgan fingerprint density at radius 2 is 0.829 bits per heavy atom. The Labute approximate surface area is 254 Å². The Bertz CT molecular complexity index is 906. The zero-order chi connectivity index (χ0) is 26.9. The molecule has 4 bridgehead atoms. The van der Waals surface area contributed by atoms with Gasteiger partial charge >= 0.3 is 0 Å². The summed E-state index contributed by atoms with van der Waals surface area (Å²) in [4.78, 5) is 3.32. The predicted molar refractivity (Wildman–Crippen MR) is 171 cm³/mol. The van der Waals surface area contributed by atoms with Gasteiger partial charge < -0.3 is 0 Å². The van der Waals surface area contributed by atoms with Crippen LogP contribution in [0.25, 0.3) is 0 Å². The second-order valence-corrected chi connectivity index (χ2v) is 18.2. The van der Waals surface area contributed by atoms with Gasteiger partial charge in [0.1, 0.15) is 0 Å². The molecule has 14 atom stereocenters. The van der Waals surface area contributed by atoms with E-state index in [1.165, 1.54) is 6.42 Å². The lowest BCUT2D eigenvalue weighted by Gasteiger charge is -2.64. The Morgan fingerprint density at radius 3 is 1.61 bits per heavy atom. The first-order valence-electron chi connectivity index (χ1n) is 20.1. The molecule has 230 valence electrons. The van der Waals surface area contributed by atoms with E-state index in [1.54, 1.807) is 154 Å². The van der Waals surface area contributed by atoms with E-state index >= 15 is 0 Å². The van der Waals surface area contributed by atoms with Gasteiger partial charge in [-0.2, -0.15) is 0 Å². The Morgan fingerprint density at radius 1 is 0.268 bits per heavy atom. The number of rotatable bonds is 2. The predicted octanol–water partition coefficient (Wildman–Crippen LogP) is 10.7. The molecule has 0 aromatic carbocycles. The quantitative estimate of drug-likeness (QED) is 0.325. The number of fused-ring (bicyclic) bond motifs is 9. The zero-order valence-corrected chi connectivity index (χ0v) is 26.8. The molecule has 8 saturated carbocycles. The van der Waals surface area contributed by atoms with Crippen molar-refractivity contribution in [3.63, 3.8) is 0 Å². The van der Waals surface area contributed by atoms with Crippen molar-refractivity contribution in [3.05, 3.63) is 0 Å². The third kappa shape index (κ3) is 4.68. The largest absolute Gasteiger partial charge is 0.294 e. The molecule has 0 spiro atoms. The molecule has 8 aliphatic carbocycles. The first-order valence-corrected chi connectivity index (χ1v) is 20.1. The minimum atomic E-state index is 0.961. The average molecular weight is 560 g/mol. The molecule has 1 heteroatoms. The molecule has 9 rings (SSSR count). The van der Waals surface area contributed by atoms with Crippen LogP contribution in [-0.2, 0) is 0 Å². The Balaban J connectivity index is 1.10. The van der Waals surface area contributed by atoms with Gasteiger partial charge in [-0.1, -0.05) is 70.6 Å². The van der Waals surface area contributed by atoms with Gasteiger partial charge in [-0.15, -0.1) is 0 Å². The highest BCUT2D eigenvalue weighted by Gasteiger charge is 2.59. The minimum Gasteiger partial charge on any atom is -0.294 e. The lowest BCUT2D eigenvalue weighted by molar-refractivity contribution is -0.154. The summed E-state index contributed by atoms with van der Waals surface area (Å²) in [6.45, 7) is 0. The van der Waals surface area contributed by atoms with Crippen molar-refractivity contribution < 1.29 is 0 Å². The summed E-state index contributed by atoms with van der Waals surface area (Å²) >= 11 is 0. The second-order valence-electron chi connectivity index (χ2n) is 18.2. The topological polar surface area (TPSA) is 3.24 Å². The SMILES string of the molecule is C1CCC2CC(C3C4CCCCC4C4C5CCCCC5C5CCCC(C5)N(C5CCC5)C5CCC3C4C5)CCC2C1. The van der Waals surface area contributed by atoms with E-state index < -0.39 is 0 Å².